The molecule has 86 valence electrons. The molecule has 1 atom stereocenters. The Morgan fingerprint density at radius 1 is 1.47 bits per heavy atom. The summed E-state index contributed by atoms with van der Waals surface area (Å²) in [6.45, 7) is 3.23. The average Bonchev–Trinajstić information content (AvgIpc) is 2.17. The van der Waals surface area contributed by atoms with Crippen LogP contribution in [0.15, 0.2) is 0 Å². The number of hydrogen-bond acceptors (Lipinski definition) is 5. The topological polar surface area (TPSA) is 66.8 Å². The summed E-state index contributed by atoms with van der Waals surface area (Å²) >= 11 is 1.85. The number of rotatable bonds is 4. The van der Waals surface area contributed by atoms with E-state index in [1.807, 2.05) is 16.7 Å². The van der Waals surface area contributed by atoms with E-state index in [-0.39, 0.29) is 6.54 Å². The molecule has 1 saturated heterocycles. The lowest BCUT2D eigenvalue weighted by atomic mass is 10.3. The maximum absolute atomic E-state index is 10.8. The Kier molecular flexibility index (Phi) is 4.90. The van der Waals surface area contributed by atoms with Crippen molar-refractivity contribution < 1.29 is 19.4 Å². The first-order valence-corrected chi connectivity index (χ1v) is 5.95. The molecule has 0 aromatic heterocycles. The van der Waals surface area contributed by atoms with E-state index in [0.29, 0.717) is 0 Å². The van der Waals surface area contributed by atoms with Crippen molar-refractivity contribution in [2.75, 3.05) is 31.1 Å². The van der Waals surface area contributed by atoms with E-state index < -0.39 is 18.0 Å². The quantitative estimate of drug-likeness (QED) is 0.692. The van der Waals surface area contributed by atoms with Gasteiger partial charge < -0.3 is 9.84 Å². The summed E-state index contributed by atoms with van der Waals surface area (Å²) < 4.78 is 4.73. The maximum Gasteiger partial charge on any atom is 0.346 e. The van der Waals surface area contributed by atoms with Gasteiger partial charge in [0.15, 0.2) is 0 Å². The second-order valence-electron chi connectivity index (χ2n) is 3.35. The molecule has 0 saturated carbocycles. The van der Waals surface area contributed by atoms with Gasteiger partial charge in [-0.05, 0) is 0 Å². The van der Waals surface area contributed by atoms with Crippen molar-refractivity contribution in [3.05, 3.63) is 0 Å². The molecule has 1 aliphatic rings. The molecule has 15 heavy (non-hydrogen) atoms. The fourth-order valence-electron chi connectivity index (χ4n) is 1.38. The molecular formula is C9H15NO4S. The molecule has 5 nitrogen and oxygen atoms in total. The van der Waals surface area contributed by atoms with Gasteiger partial charge in [-0.2, -0.15) is 11.8 Å². The van der Waals surface area contributed by atoms with Gasteiger partial charge in [0.1, 0.15) is 0 Å². The monoisotopic (exact) mass is 233 g/mol. The number of aliphatic carboxylic acids is 1. The number of carboxylic acids is 1. The van der Waals surface area contributed by atoms with Gasteiger partial charge in [0.05, 0.1) is 0 Å². The molecule has 1 unspecified atom stereocenters. The second kappa shape index (κ2) is 5.97. The van der Waals surface area contributed by atoms with E-state index in [1.165, 1.54) is 6.92 Å². The SMILES string of the molecule is CC(=O)OC(CN1CCSCC1)C(=O)O. The number of carbonyl (C=O) groups is 2. The third kappa shape index (κ3) is 4.53. The van der Waals surface area contributed by atoms with Gasteiger partial charge in [-0.1, -0.05) is 0 Å². The van der Waals surface area contributed by atoms with E-state index >= 15 is 0 Å². The number of carboxylic acid groups (broad SMARTS) is 1. The summed E-state index contributed by atoms with van der Waals surface area (Å²) in [6.07, 6.45) is -1.04. The predicted molar refractivity (Wildman–Crippen MR) is 57.0 cm³/mol. The third-order valence-corrected chi connectivity index (χ3v) is 3.05. The Labute approximate surface area is 92.8 Å². The Morgan fingerprint density at radius 3 is 2.53 bits per heavy atom. The van der Waals surface area contributed by atoms with Crippen LogP contribution in [0.25, 0.3) is 0 Å². The van der Waals surface area contributed by atoms with E-state index in [0.717, 1.165) is 24.6 Å². The number of esters is 1. The molecule has 0 aliphatic carbocycles. The summed E-state index contributed by atoms with van der Waals surface area (Å²) in [6, 6.07) is 0. The van der Waals surface area contributed by atoms with Gasteiger partial charge >= 0.3 is 11.9 Å². The highest BCUT2D eigenvalue weighted by Gasteiger charge is 2.24. The molecule has 6 heteroatoms. The minimum absolute atomic E-state index is 0.287. The maximum atomic E-state index is 10.8. The van der Waals surface area contributed by atoms with Gasteiger partial charge in [0, 0.05) is 38.1 Å². The van der Waals surface area contributed by atoms with Gasteiger partial charge in [-0.15, -0.1) is 0 Å². The first-order valence-electron chi connectivity index (χ1n) is 4.79. The Balaban J connectivity index is 2.42. The molecule has 1 aliphatic heterocycles. The van der Waals surface area contributed by atoms with Crippen molar-refractivity contribution in [1.82, 2.24) is 4.90 Å². The molecule has 0 amide bonds. The van der Waals surface area contributed by atoms with Crippen LogP contribution in [-0.2, 0) is 14.3 Å². The smallest absolute Gasteiger partial charge is 0.346 e. The highest BCUT2D eigenvalue weighted by atomic mass is 32.2. The summed E-state index contributed by atoms with van der Waals surface area (Å²) in [7, 11) is 0. The van der Waals surface area contributed by atoms with Crippen molar-refractivity contribution in [1.29, 1.82) is 0 Å². The number of nitrogens with zero attached hydrogens (tertiary/aromatic N) is 1. The fourth-order valence-corrected chi connectivity index (χ4v) is 2.36. The lowest BCUT2D eigenvalue weighted by Gasteiger charge is -2.28. The fraction of sp³-hybridized carbons (Fsp3) is 0.778. The molecule has 0 aromatic carbocycles. The van der Waals surface area contributed by atoms with Gasteiger partial charge in [0.25, 0.3) is 0 Å². The normalized spacial score (nSPS) is 19.5. The van der Waals surface area contributed by atoms with Crippen LogP contribution in [-0.4, -0.2) is 59.2 Å². The van der Waals surface area contributed by atoms with E-state index in [1.54, 1.807) is 0 Å². The molecule has 1 N–H and O–H groups in total. The van der Waals surface area contributed by atoms with Crippen LogP contribution in [0.4, 0.5) is 0 Å². The first-order chi connectivity index (χ1) is 7.09. The highest BCUT2D eigenvalue weighted by molar-refractivity contribution is 7.99. The predicted octanol–water partition coefficient (Wildman–Crippen LogP) is 0.0515. The molecule has 0 bridgehead atoms. The molecule has 0 radical (unpaired) electrons. The largest absolute Gasteiger partial charge is 0.478 e. The zero-order chi connectivity index (χ0) is 11.3. The van der Waals surface area contributed by atoms with Crippen molar-refractivity contribution in [3.63, 3.8) is 0 Å². The van der Waals surface area contributed by atoms with Crippen molar-refractivity contribution in [2.45, 2.75) is 13.0 Å². The molecular weight excluding hydrogens is 218 g/mol. The van der Waals surface area contributed by atoms with Gasteiger partial charge in [-0.3, -0.25) is 9.69 Å². The number of hydrogen-bond donors (Lipinski definition) is 1. The summed E-state index contributed by atoms with van der Waals surface area (Å²) in [5.74, 6) is 0.385. The van der Waals surface area contributed by atoms with Gasteiger partial charge in [-0.25, -0.2) is 4.79 Å². The standard InChI is InChI=1S/C9H15NO4S/c1-7(11)14-8(9(12)13)6-10-2-4-15-5-3-10/h8H,2-6H2,1H3,(H,12,13). The van der Waals surface area contributed by atoms with Crippen LogP contribution in [0.1, 0.15) is 6.92 Å². The van der Waals surface area contributed by atoms with Crippen LogP contribution in [0.3, 0.4) is 0 Å². The summed E-state index contributed by atoms with van der Waals surface area (Å²) in [5, 5.41) is 8.84. The molecule has 0 spiro atoms. The van der Waals surface area contributed by atoms with Crippen molar-refractivity contribution >= 4 is 23.7 Å². The second-order valence-corrected chi connectivity index (χ2v) is 4.57. The third-order valence-electron chi connectivity index (χ3n) is 2.11. The summed E-state index contributed by atoms with van der Waals surface area (Å²) in [4.78, 5) is 23.5. The highest BCUT2D eigenvalue weighted by Crippen LogP contribution is 2.10. The minimum atomic E-state index is -1.08. The van der Waals surface area contributed by atoms with Crippen LogP contribution in [0.5, 0.6) is 0 Å². The van der Waals surface area contributed by atoms with Gasteiger partial charge in [0.2, 0.25) is 6.10 Å². The molecule has 1 rings (SSSR count). The van der Waals surface area contributed by atoms with E-state index in [9.17, 15) is 9.59 Å². The number of ether oxygens (including phenoxy) is 1. The molecule has 1 fully saturated rings. The lowest BCUT2D eigenvalue weighted by Crippen LogP contribution is -2.43. The summed E-state index contributed by atoms with van der Waals surface area (Å²) in [5.41, 5.74) is 0. The molecule has 1 heterocycles. The zero-order valence-electron chi connectivity index (χ0n) is 8.64. The van der Waals surface area contributed by atoms with E-state index in [2.05, 4.69) is 0 Å². The molecule has 0 aromatic rings. The van der Waals surface area contributed by atoms with Crippen LogP contribution in [0.2, 0.25) is 0 Å². The number of carbonyl (C=O) groups excluding carboxylic acids is 1. The Bertz CT molecular complexity index is 240. The van der Waals surface area contributed by atoms with Crippen LogP contribution < -0.4 is 0 Å². The minimum Gasteiger partial charge on any atom is -0.478 e. The lowest BCUT2D eigenvalue weighted by molar-refractivity contribution is -0.163. The Morgan fingerprint density at radius 2 is 2.07 bits per heavy atom. The average molecular weight is 233 g/mol. The zero-order valence-corrected chi connectivity index (χ0v) is 9.46. The van der Waals surface area contributed by atoms with Crippen molar-refractivity contribution in [2.24, 2.45) is 0 Å². The Hall–Kier alpha value is -0.750. The van der Waals surface area contributed by atoms with Crippen LogP contribution in [0, 0.1) is 0 Å². The first kappa shape index (κ1) is 12.3. The van der Waals surface area contributed by atoms with E-state index in [4.69, 9.17) is 9.84 Å². The number of thioether (sulfide) groups is 1. The van der Waals surface area contributed by atoms with Crippen LogP contribution >= 0.6 is 11.8 Å². The van der Waals surface area contributed by atoms with Crippen molar-refractivity contribution in [3.8, 4) is 0 Å².